The minimum atomic E-state index is 0.990. The average Bonchev–Trinajstić information content (AvgIpc) is 2.77. The van der Waals surface area contributed by atoms with E-state index in [1.807, 2.05) is 6.07 Å². The molecule has 0 saturated heterocycles. The third kappa shape index (κ3) is 7.89. The quantitative estimate of drug-likeness (QED) is 0.298. The summed E-state index contributed by atoms with van der Waals surface area (Å²) in [5.41, 5.74) is 7.38. The molecule has 2 aromatic rings. The van der Waals surface area contributed by atoms with Crippen LogP contribution in [0.5, 0.6) is 0 Å². The number of para-hydroxylation sites is 1. The summed E-state index contributed by atoms with van der Waals surface area (Å²) in [6.07, 6.45) is 11.2. The van der Waals surface area contributed by atoms with E-state index in [0.717, 1.165) is 55.6 Å². The number of nitrogens with zero attached hydrogens (tertiary/aromatic N) is 2. The Bertz CT molecular complexity index is 803. The molecule has 0 saturated carbocycles. The standard InChI is InChI=1S/C28H40N2/c1-5-9-18-27(29-25-16-12-11-13-17-25)28(19-10-6-2)30-26-21-20-23(14-7-3)24(22-26)15-8-4/h11-13,16-17,20-22H,5-10,14-15,18-19H2,1-4H3. The summed E-state index contributed by atoms with van der Waals surface area (Å²) >= 11 is 0. The molecule has 0 aliphatic carbocycles. The molecule has 2 nitrogen and oxygen atoms in total. The van der Waals surface area contributed by atoms with Crippen molar-refractivity contribution in [3.63, 3.8) is 0 Å². The Morgan fingerprint density at radius 3 is 1.73 bits per heavy atom. The van der Waals surface area contributed by atoms with Gasteiger partial charge in [-0.25, -0.2) is 0 Å². The Balaban J connectivity index is 2.45. The zero-order chi connectivity index (χ0) is 21.6. The molecular weight excluding hydrogens is 364 g/mol. The summed E-state index contributed by atoms with van der Waals surface area (Å²) < 4.78 is 0. The number of rotatable bonds is 13. The molecule has 0 atom stereocenters. The Morgan fingerprint density at radius 2 is 1.17 bits per heavy atom. The zero-order valence-electron chi connectivity index (χ0n) is 19.6. The Kier molecular flexibility index (Phi) is 11.1. The maximum Gasteiger partial charge on any atom is 0.0636 e. The van der Waals surface area contributed by atoms with E-state index in [0.29, 0.717) is 0 Å². The first-order valence-corrected chi connectivity index (χ1v) is 12.0. The molecule has 0 N–H and O–H groups in total. The second-order valence-electron chi connectivity index (χ2n) is 8.11. The highest BCUT2D eigenvalue weighted by Gasteiger charge is 2.11. The molecule has 30 heavy (non-hydrogen) atoms. The number of aliphatic imine (C=N–C) groups is 2. The van der Waals surface area contributed by atoms with E-state index in [1.165, 1.54) is 42.5 Å². The van der Waals surface area contributed by atoms with Crippen LogP contribution in [-0.2, 0) is 12.8 Å². The Labute approximate surface area is 184 Å². The average molecular weight is 405 g/mol. The maximum absolute atomic E-state index is 5.18. The molecule has 2 rings (SSSR count). The summed E-state index contributed by atoms with van der Waals surface area (Å²) in [5, 5.41) is 0. The molecule has 2 heteroatoms. The van der Waals surface area contributed by atoms with Crippen molar-refractivity contribution in [1.29, 1.82) is 0 Å². The van der Waals surface area contributed by atoms with Crippen molar-refractivity contribution in [2.24, 2.45) is 9.98 Å². The predicted molar refractivity (Wildman–Crippen MR) is 134 cm³/mol. The Morgan fingerprint density at radius 1 is 0.600 bits per heavy atom. The topological polar surface area (TPSA) is 24.7 Å². The van der Waals surface area contributed by atoms with Gasteiger partial charge in [0.1, 0.15) is 0 Å². The highest BCUT2D eigenvalue weighted by atomic mass is 14.8. The van der Waals surface area contributed by atoms with Crippen LogP contribution in [0, 0.1) is 0 Å². The number of aryl methyl sites for hydroxylation is 2. The lowest BCUT2D eigenvalue weighted by Crippen LogP contribution is -2.14. The van der Waals surface area contributed by atoms with Crippen molar-refractivity contribution < 1.29 is 0 Å². The van der Waals surface area contributed by atoms with Crippen LogP contribution in [0.1, 0.15) is 90.2 Å². The first-order chi connectivity index (χ1) is 14.7. The minimum absolute atomic E-state index is 0.990. The van der Waals surface area contributed by atoms with Gasteiger partial charge < -0.3 is 0 Å². The molecule has 0 amide bonds. The zero-order valence-corrected chi connectivity index (χ0v) is 19.6. The monoisotopic (exact) mass is 404 g/mol. The highest BCUT2D eigenvalue weighted by Crippen LogP contribution is 2.23. The molecule has 0 bridgehead atoms. The number of unbranched alkanes of at least 4 members (excludes halogenated alkanes) is 2. The van der Waals surface area contributed by atoms with Crippen LogP contribution in [0.4, 0.5) is 11.4 Å². The number of hydrogen-bond acceptors (Lipinski definition) is 2. The van der Waals surface area contributed by atoms with Gasteiger partial charge in [0.2, 0.25) is 0 Å². The van der Waals surface area contributed by atoms with Gasteiger partial charge in [-0.15, -0.1) is 0 Å². The molecule has 0 spiro atoms. The Hall–Kier alpha value is -2.22. The molecule has 0 aliphatic heterocycles. The minimum Gasteiger partial charge on any atom is -0.252 e. The van der Waals surface area contributed by atoms with E-state index >= 15 is 0 Å². The van der Waals surface area contributed by atoms with Crippen molar-refractivity contribution >= 4 is 22.8 Å². The van der Waals surface area contributed by atoms with Gasteiger partial charge in [0.25, 0.3) is 0 Å². The molecule has 0 fully saturated rings. The van der Waals surface area contributed by atoms with Crippen molar-refractivity contribution in [1.82, 2.24) is 0 Å². The van der Waals surface area contributed by atoms with Crippen LogP contribution in [0.15, 0.2) is 58.5 Å². The van der Waals surface area contributed by atoms with E-state index in [2.05, 4.69) is 70.2 Å². The van der Waals surface area contributed by atoms with Crippen LogP contribution < -0.4 is 0 Å². The summed E-state index contributed by atoms with van der Waals surface area (Å²) in [5.74, 6) is 0. The molecular formula is C28H40N2. The molecule has 2 aromatic carbocycles. The smallest absolute Gasteiger partial charge is 0.0636 e. The number of hydrogen-bond donors (Lipinski definition) is 0. The van der Waals surface area contributed by atoms with Gasteiger partial charge in [0.15, 0.2) is 0 Å². The lowest BCUT2D eigenvalue weighted by Gasteiger charge is -2.13. The molecule has 0 aromatic heterocycles. The maximum atomic E-state index is 5.18. The lowest BCUT2D eigenvalue weighted by atomic mass is 9.98. The fraction of sp³-hybridized carbons (Fsp3) is 0.500. The molecule has 0 heterocycles. The van der Waals surface area contributed by atoms with E-state index in [-0.39, 0.29) is 0 Å². The fourth-order valence-corrected chi connectivity index (χ4v) is 3.73. The molecule has 0 aliphatic rings. The van der Waals surface area contributed by atoms with Crippen LogP contribution in [0.25, 0.3) is 0 Å². The van der Waals surface area contributed by atoms with E-state index < -0.39 is 0 Å². The van der Waals surface area contributed by atoms with Gasteiger partial charge in [0, 0.05) is 0 Å². The predicted octanol–water partition coefficient (Wildman–Crippen LogP) is 8.82. The van der Waals surface area contributed by atoms with Gasteiger partial charge in [-0.05, 0) is 73.9 Å². The van der Waals surface area contributed by atoms with Crippen LogP contribution in [-0.4, -0.2) is 11.4 Å². The molecule has 0 unspecified atom stereocenters. The number of benzene rings is 2. The van der Waals surface area contributed by atoms with Crippen LogP contribution in [0.3, 0.4) is 0 Å². The second kappa shape index (κ2) is 13.9. The first-order valence-electron chi connectivity index (χ1n) is 12.0. The lowest BCUT2D eigenvalue weighted by molar-refractivity contribution is 0.824. The first kappa shape index (κ1) is 24.1. The summed E-state index contributed by atoms with van der Waals surface area (Å²) in [6, 6.07) is 17.2. The van der Waals surface area contributed by atoms with E-state index in [4.69, 9.17) is 9.98 Å². The van der Waals surface area contributed by atoms with Crippen LogP contribution in [0.2, 0.25) is 0 Å². The van der Waals surface area contributed by atoms with Gasteiger partial charge in [0.05, 0.1) is 22.8 Å². The second-order valence-corrected chi connectivity index (χ2v) is 8.11. The molecule has 0 radical (unpaired) electrons. The fourth-order valence-electron chi connectivity index (χ4n) is 3.73. The summed E-state index contributed by atoms with van der Waals surface area (Å²) in [4.78, 5) is 10.2. The third-order valence-corrected chi connectivity index (χ3v) is 5.38. The highest BCUT2D eigenvalue weighted by molar-refractivity contribution is 6.43. The van der Waals surface area contributed by atoms with Crippen molar-refractivity contribution in [3.05, 3.63) is 59.7 Å². The SMILES string of the molecule is CCCCC(=Nc1ccccc1)C(CCCC)=Nc1ccc(CCC)c(CCC)c1. The van der Waals surface area contributed by atoms with Crippen LogP contribution >= 0.6 is 0 Å². The van der Waals surface area contributed by atoms with Crippen molar-refractivity contribution in [2.45, 2.75) is 91.9 Å². The van der Waals surface area contributed by atoms with Gasteiger partial charge in [-0.2, -0.15) is 0 Å². The van der Waals surface area contributed by atoms with Crippen molar-refractivity contribution in [3.8, 4) is 0 Å². The largest absolute Gasteiger partial charge is 0.252 e. The third-order valence-electron chi connectivity index (χ3n) is 5.38. The normalized spacial score (nSPS) is 12.4. The van der Waals surface area contributed by atoms with Gasteiger partial charge >= 0.3 is 0 Å². The van der Waals surface area contributed by atoms with Gasteiger partial charge in [-0.1, -0.05) is 77.6 Å². The summed E-state index contributed by atoms with van der Waals surface area (Å²) in [7, 11) is 0. The summed E-state index contributed by atoms with van der Waals surface area (Å²) in [6.45, 7) is 9.00. The van der Waals surface area contributed by atoms with Crippen molar-refractivity contribution in [2.75, 3.05) is 0 Å². The van der Waals surface area contributed by atoms with E-state index in [1.54, 1.807) is 0 Å². The van der Waals surface area contributed by atoms with E-state index in [9.17, 15) is 0 Å². The van der Waals surface area contributed by atoms with Gasteiger partial charge in [-0.3, -0.25) is 9.98 Å². The molecule has 162 valence electrons.